The Morgan fingerprint density at radius 1 is 1.06 bits per heavy atom. The molecule has 12 heteroatoms. The van der Waals surface area contributed by atoms with Gasteiger partial charge in [-0.1, -0.05) is 0 Å². The molecule has 0 aliphatic heterocycles. The summed E-state index contributed by atoms with van der Waals surface area (Å²) >= 11 is 0. The molecule has 94 valence electrons. The number of imidazole rings is 1. The lowest BCUT2D eigenvalue weighted by Gasteiger charge is -2.02. The van der Waals surface area contributed by atoms with Gasteiger partial charge >= 0.3 is 19.1 Å². The predicted molar refractivity (Wildman–Crippen MR) is 54.9 cm³/mol. The molecule has 0 fully saturated rings. The lowest BCUT2D eigenvalue weighted by molar-refractivity contribution is 0.361. The maximum Gasteiger partial charge on any atom is 0.439 e. The molecule has 2 aromatic rings. The van der Waals surface area contributed by atoms with Crippen molar-refractivity contribution in [2.45, 2.75) is 0 Å². The van der Waals surface area contributed by atoms with Crippen LogP contribution in [-0.2, 0) is 4.57 Å². The van der Waals surface area contributed by atoms with Crippen LogP contribution in [0.4, 0.5) is 0 Å². The van der Waals surface area contributed by atoms with Gasteiger partial charge in [0.1, 0.15) is 0 Å². The van der Waals surface area contributed by atoms with Crippen LogP contribution >= 0.6 is 7.75 Å². The highest BCUT2D eigenvalue weighted by atomic mass is 31.2. The van der Waals surface area contributed by atoms with Crippen LogP contribution < -0.4 is 16.9 Å². The van der Waals surface area contributed by atoms with Crippen LogP contribution in [0.5, 0.6) is 0 Å². The lowest BCUT2D eigenvalue weighted by atomic mass is 10.5. The van der Waals surface area contributed by atoms with Gasteiger partial charge in [-0.25, -0.2) is 14.2 Å². The summed E-state index contributed by atoms with van der Waals surface area (Å²) in [6.45, 7) is 0. The molecule has 2 heterocycles. The molecule has 0 atom stereocenters. The third kappa shape index (κ3) is 1.99. The van der Waals surface area contributed by atoms with Crippen LogP contribution in [-0.4, -0.2) is 34.6 Å². The van der Waals surface area contributed by atoms with Gasteiger partial charge in [0.2, 0.25) is 0 Å². The minimum atomic E-state index is -4.94. The largest absolute Gasteiger partial charge is 0.439 e. The Morgan fingerprint density at radius 2 is 1.65 bits per heavy atom. The van der Waals surface area contributed by atoms with E-state index in [0.29, 0.717) is 0 Å². The average Bonchev–Trinajstić information content (AvgIpc) is 2.40. The maximum absolute atomic E-state index is 11.2. The van der Waals surface area contributed by atoms with Crippen molar-refractivity contribution in [1.82, 2.24) is 19.3 Å². The quantitative estimate of drug-likeness (QED) is 0.337. The van der Waals surface area contributed by atoms with Gasteiger partial charge in [-0.15, -0.1) is 0 Å². The van der Waals surface area contributed by atoms with Crippen molar-refractivity contribution >= 4 is 18.9 Å². The van der Waals surface area contributed by atoms with E-state index >= 15 is 0 Å². The third-order valence-electron chi connectivity index (χ3n) is 1.82. The molecule has 0 unspecified atom stereocenters. The van der Waals surface area contributed by atoms with Crippen LogP contribution in [0.25, 0.3) is 11.2 Å². The molecule has 0 aliphatic rings. The third-order valence-corrected chi connectivity index (χ3v) is 2.72. The number of hydrogen-bond donors (Lipinski definition) is 5. The highest BCUT2D eigenvalue weighted by Crippen LogP contribution is 2.36. The molecule has 0 aliphatic carbocycles. The number of rotatable bonds is 1. The fourth-order valence-electron chi connectivity index (χ4n) is 1.26. The van der Waals surface area contributed by atoms with E-state index in [0.717, 1.165) is 0 Å². The number of hydrogen-bond acceptors (Lipinski definition) is 4. The van der Waals surface area contributed by atoms with Crippen LogP contribution in [0, 0.1) is 0 Å². The minimum absolute atomic E-state index is 0. The second-order valence-corrected chi connectivity index (χ2v) is 4.31. The summed E-state index contributed by atoms with van der Waals surface area (Å²) in [7, 11) is -4.94. The van der Waals surface area contributed by atoms with E-state index in [1.165, 1.54) is 0 Å². The molecule has 2 rings (SSSR count). The van der Waals surface area contributed by atoms with Gasteiger partial charge < -0.3 is 15.3 Å². The van der Waals surface area contributed by atoms with E-state index in [2.05, 4.69) is 0 Å². The first-order chi connectivity index (χ1) is 7.30. The number of aromatic nitrogens is 4. The molecule has 0 amide bonds. The van der Waals surface area contributed by atoms with Gasteiger partial charge in [-0.2, -0.15) is 4.34 Å². The van der Waals surface area contributed by atoms with Gasteiger partial charge in [0.15, 0.2) is 11.2 Å². The highest BCUT2D eigenvalue weighted by molar-refractivity contribution is 7.50. The summed E-state index contributed by atoms with van der Waals surface area (Å²) < 4.78 is 11.0. The fourth-order valence-corrected chi connectivity index (χ4v) is 1.96. The molecule has 0 saturated carbocycles. The van der Waals surface area contributed by atoms with Crippen molar-refractivity contribution in [2.75, 3.05) is 0 Å². The van der Waals surface area contributed by atoms with Crippen molar-refractivity contribution in [3.05, 3.63) is 31.3 Å². The van der Waals surface area contributed by atoms with Crippen molar-refractivity contribution in [1.29, 1.82) is 0 Å². The highest BCUT2D eigenvalue weighted by Gasteiger charge is 2.24. The predicted octanol–water partition coefficient (Wildman–Crippen LogP) is -3.18. The molecule has 0 radical (unpaired) electrons. The molecular formula is C5H7N4O7P. The maximum atomic E-state index is 11.2. The zero-order chi connectivity index (χ0) is 12.1. The normalized spacial score (nSPS) is 11.4. The smallest absolute Gasteiger partial charge is 0.412 e. The average molecular weight is 266 g/mol. The first-order valence-electron chi connectivity index (χ1n) is 3.84. The first-order valence-corrected chi connectivity index (χ1v) is 5.41. The summed E-state index contributed by atoms with van der Waals surface area (Å²) in [5.74, 6) is 0. The molecular weight excluding hydrogens is 259 g/mol. The molecule has 0 bridgehead atoms. The Labute approximate surface area is 90.3 Å². The van der Waals surface area contributed by atoms with E-state index in [9.17, 15) is 18.9 Å². The van der Waals surface area contributed by atoms with E-state index in [1.54, 1.807) is 4.98 Å². The molecule has 7 N–H and O–H groups in total. The fraction of sp³-hybridized carbons (Fsp3) is 0. The van der Waals surface area contributed by atoms with E-state index in [4.69, 9.17) is 9.79 Å². The van der Waals surface area contributed by atoms with Gasteiger partial charge in [0.05, 0.1) is 0 Å². The van der Waals surface area contributed by atoms with E-state index < -0.39 is 35.8 Å². The zero-order valence-corrected chi connectivity index (χ0v) is 8.82. The second kappa shape index (κ2) is 3.82. The van der Waals surface area contributed by atoms with Crippen molar-refractivity contribution in [3.8, 4) is 0 Å². The van der Waals surface area contributed by atoms with Crippen molar-refractivity contribution in [2.24, 2.45) is 0 Å². The van der Waals surface area contributed by atoms with E-state index in [-0.39, 0.29) is 9.81 Å². The van der Waals surface area contributed by atoms with Crippen LogP contribution in [0.3, 0.4) is 0 Å². The van der Waals surface area contributed by atoms with Crippen molar-refractivity contribution in [3.63, 3.8) is 0 Å². The van der Waals surface area contributed by atoms with Crippen LogP contribution in [0.2, 0.25) is 0 Å². The Hall–Kier alpha value is -1.94. The van der Waals surface area contributed by atoms with Crippen LogP contribution in [0.15, 0.2) is 14.4 Å². The topological polar surface area (TPSA) is 193 Å². The summed E-state index contributed by atoms with van der Waals surface area (Å²) in [5, 5.41) is 0. The summed E-state index contributed by atoms with van der Waals surface area (Å²) in [6, 6.07) is 0. The number of fused-ring (bicyclic) bond motifs is 1. The summed E-state index contributed by atoms with van der Waals surface area (Å²) in [5.41, 5.74) is -4.06. The Bertz CT molecular complexity index is 772. The molecule has 17 heavy (non-hydrogen) atoms. The van der Waals surface area contributed by atoms with Crippen molar-refractivity contribution < 1.29 is 19.8 Å². The molecule has 11 nitrogen and oxygen atoms in total. The van der Waals surface area contributed by atoms with Gasteiger partial charge in [0, 0.05) is 0 Å². The second-order valence-electron chi connectivity index (χ2n) is 2.89. The first kappa shape index (κ1) is 13.1. The molecule has 2 aromatic heterocycles. The van der Waals surface area contributed by atoms with Gasteiger partial charge in [-0.05, 0) is 0 Å². The minimum Gasteiger partial charge on any atom is -0.412 e. The molecule has 0 spiro atoms. The number of nitrogens with zero attached hydrogens (tertiary/aromatic N) is 1. The summed E-state index contributed by atoms with van der Waals surface area (Å²) in [6.07, 6.45) is 0. The Kier molecular flexibility index (Phi) is 2.95. The van der Waals surface area contributed by atoms with Gasteiger partial charge in [0.25, 0.3) is 5.56 Å². The number of nitrogens with one attached hydrogen (secondary N) is 3. The number of H-pyrrole nitrogens is 3. The SMILES string of the molecule is O.O=c1[nH]c(=O)c2[nH]c(=O)n(P(=O)(O)O)c2[nH]1. The Morgan fingerprint density at radius 3 is 2.18 bits per heavy atom. The summed E-state index contributed by atoms with van der Waals surface area (Å²) in [4.78, 5) is 56.7. The molecule has 0 saturated heterocycles. The van der Waals surface area contributed by atoms with Crippen LogP contribution in [0.1, 0.15) is 0 Å². The zero-order valence-electron chi connectivity index (χ0n) is 7.92. The monoisotopic (exact) mass is 266 g/mol. The van der Waals surface area contributed by atoms with E-state index in [1.807, 2.05) is 9.97 Å². The lowest BCUT2D eigenvalue weighted by Crippen LogP contribution is -2.22. The Balaban J connectivity index is 0.00000144. The standard InChI is InChI=1S/C5H5N4O6P.H2O/c10-3-1-2(7-4(11)8-3)9(5(12)6-1)16(13,14)15;/h(H,6,12)(H2,13,14,15)(H2,7,8,10,11);1H2. The van der Waals surface area contributed by atoms with Gasteiger partial charge in [-0.3, -0.25) is 19.7 Å². The molecule has 0 aromatic carbocycles. The number of aromatic amines is 3.